The van der Waals surface area contributed by atoms with Crippen molar-refractivity contribution < 1.29 is 9.90 Å². The Balaban J connectivity index is 1.66. The minimum Gasteiger partial charge on any atom is -0.478 e. The van der Waals surface area contributed by atoms with Crippen LogP contribution >= 0.6 is 23.2 Å². The number of fused-ring (bicyclic) bond motifs is 1. The van der Waals surface area contributed by atoms with E-state index < -0.39 is 5.97 Å². The summed E-state index contributed by atoms with van der Waals surface area (Å²) in [4.78, 5) is 13.6. The first kappa shape index (κ1) is 17.9. The van der Waals surface area contributed by atoms with Crippen molar-refractivity contribution in [2.45, 2.75) is 13.0 Å². The van der Waals surface area contributed by atoms with Crippen LogP contribution in [0.4, 0.5) is 5.69 Å². The van der Waals surface area contributed by atoms with Gasteiger partial charge in [-0.1, -0.05) is 47.5 Å². The molecular formula is C22H17Cl2NO2. The Morgan fingerprint density at radius 2 is 1.70 bits per heavy atom. The molecule has 0 unspecified atom stereocenters. The molecule has 0 atom stereocenters. The fraction of sp³-hybridized carbons (Fsp3) is 0.136. The van der Waals surface area contributed by atoms with Crippen molar-refractivity contribution in [3.8, 4) is 11.1 Å². The van der Waals surface area contributed by atoms with E-state index in [1.54, 1.807) is 24.3 Å². The largest absolute Gasteiger partial charge is 0.478 e. The normalized spacial score (nSPS) is 12.9. The highest BCUT2D eigenvalue weighted by atomic mass is 35.5. The number of halogens is 2. The van der Waals surface area contributed by atoms with Gasteiger partial charge in [-0.15, -0.1) is 0 Å². The van der Waals surface area contributed by atoms with Gasteiger partial charge in [-0.3, -0.25) is 0 Å². The third-order valence-corrected chi connectivity index (χ3v) is 5.25. The minimum absolute atomic E-state index is 0.290. The van der Waals surface area contributed by atoms with Crippen LogP contribution in [0.2, 0.25) is 10.0 Å². The van der Waals surface area contributed by atoms with Crippen LogP contribution in [0.5, 0.6) is 0 Å². The molecule has 0 spiro atoms. The van der Waals surface area contributed by atoms with Crippen LogP contribution in [-0.4, -0.2) is 17.6 Å². The van der Waals surface area contributed by atoms with Crippen molar-refractivity contribution in [3.63, 3.8) is 0 Å². The molecule has 0 saturated heterocycles. The van der Waals surface area contributed by atoms with Crippen LogP contribution in [-0.2, 0) is 13.0 Å². The number of carboxylic acids is 1. The Hall–Kier alpha value is -2.49. The molecule has 3 aromatic rings. The van der Waals surface area contributed by atoms with Gasteiger partial charge in [0, 0.05) is 28.8 Å². The van der Waals surface area contributed by atoms with E-state index in [2.05, 4.69) is 23.1 Å². The standard InChI is InChI=1S/C22H17Cl2NO2/c23-19-8-14(9-20(24)12-19)13-25-7-6-15-4-5-17(11-21(15)25)16-2-1-3-18(10-16)22(26)27/h1-5,8-12H,6-7,13H2,(H,26,27). The van der Waals surface area contributed by atoms with Gasteiger partial charge in [0.05, 0.1) is 5.56 Å². The molecule has 4 rings (SSSR count). The van der Waals surface area contributed by atoms with Gasteiger partial charge < -0.3 is 10.0 Å². The van der Waals surface area contributed by atoms with E-state index in [4.69, 9.17) is 23.2 Å². The summed E-state index contributed by atoms with van der Waals surface area (Å²) in [5, 5.41) is 10.5. The van der Waals surface area contributed by atoms with Crippen LogP contribution < -0.4 is 4.90 Å². The smallest absolute Gasteiger partial charge is 0.335 e. The average molecular weight is 398 g/mol. The highest BCUT2D eigenvalue weighted by Gasteiger charge is 2.20. The molecule has 0 fully saturated rings. The van der Waals surface area contributed by atoms with E-state index in [-0.39, 0.29) is 0 Å². The number of anilines is 1. The second kappa shape index (κ2) is 7.26. The predicted octanol–water partition coefficient (Wildman–Crippen LogP) is 5.92. The average Bonchev–Trinajstić information content (AvgIpc) is 3.03. The number of rotatable bonds is 4. The summed E-state index contributed by atoms with van der Waals surface area (Å²) in [5.41, 5.74) is 5.73. The molecule has 1 aliphatic rings. The van der Waals surface area contributed by atoms with Crippen molar-refractivity contribution in [1.82, 2.24) is 0 Å². The Kier molecular flexibility index (Phi) is 4.81. The zero-order valence-electron chi connectivity index (χ0n) is 14.5. The maximum absolute atomic E-state index is 11.3. The number of hydrogen-bond donors (Lipinski definition) is 1. The van der Waals surface area contributed by atoms with Crippen LogP contribution in [0, 0.1) is 0 Å². The van der Waals surface area contributed by atoms with Gasteiger partial charge in [0.2, 0.25) is 0 Å². The summed E-state index contributed by atoms with van der Waals surface area (Å²) in [6, 6.07) is 18.9. The second-order valence-corrected chi connectivity index (χ2v) is 7.55. The molecule has 0 aliphatic carbocycles. The number of nitrogens with zero attached hydrogens (tertiary/aromatic N) is 1. The second-order valence-electron chi connectivity index (χ2n) is 6.68. The number of hydrogen-bond acceptors (Lipinski definition) is 2. The molecule has 0 bridgehead atoms. The Morgan fingerprint density at radius 1 is 0.963 bits per heavy atom. The third kappa shape index (κ3) is 3.80. The van der Waals surface area contributed by atoms with Crippen molar-refractivity contribution >= 4 is 34.9 Å². The monoisotopic (exact) mass is 397 g/mol. The van der Waals surface area contributed by atoms with Gasteiger partial charge in [0.25, 0.3) is 0 Å². The van der Waals surface area contributed by atoms with Crippen LogP contribution in [0.25, 0.3) is 11.1 Å². The minimum atomic E-state index is -0.919. The van der Waals surface area contributed by atoms with Gasteiger partial charge in [-0.25, -0.2) is 4.79 Å². The van der Waals surface area contributed by atoms with Crippen molar-refractivity contribution in [3.05, 3.63) is 87.4 Å². The molecule has 0 saturated carbocycles. The van der Waals surface area contributed by atoms with Crippen molar-refractivity contribution in [1.29, 1.82) is 0 Å². The van der Waals surface area contributed by atoms with Gasteiger partial charge >= 0.3 is 5.97 Å². The zero-order chi connectivity index (χ0) is 19.0. The molecule has 1 heterocycles. The first-order chi connectivity index (χ1) is 13.0. The molecule has 1 aliphatic heterocycles. The maximum Gasteiger partial charge on any atom is 0.335 e. The van der Waals surface area contributed by atoms with Crippen LogP contribution in [0.15, 0.2) is 60.7 Å². The number of benzene rings is 3. The summed E-state index contributed by atoms with van der Waals surface area (Å²) >= 11 is 12.3. The lowest BCUT2D eigenvalue weighted by Crippen LogP contribution is -2.19. The molecule has 27 heavy (non-hydrogen) atoms. The van der Waals surface area contributed by atoms with E-state index >= 15 is 0 Å². The molecule has 0 radical (unpaired) electrons. The number of aromatic carboxylic acids is 1. The lowest BCUT2D eigenvalue weighted by molar-refractivity contribution is 0.0697. The van der Waals surface area contributed by atoms with Crippen molar-refractivity contribution in [2.24, 2.45) is 0 Å². The Labute approximate surface area is 167 Å². The molecule has 0 amide bonds. The highest BCUT2D eigenvalue weighted by Crippen LogP contribution is 2.34. The predicted molar refractivity (Wildman–Crippen MR) is 110 cm³/mol. The summed E-state index contributed by atoms with van der Waals surface area (Å²) < 4.78 is 0. The van der Waals surface area contributed by atoms with E-state index in [0.29, 0.717) is 15.6 Å². The van der Waals surface area contributed by atoms with E-state index in [9.17, 15) is 9.90 Å². The van der Waals surface area contributed by atoms with Gasteiger partial charge in [-0.05, 0) is 65.1 Å². The van der Waals surface area contributed by atoms with Crippen LogP contribution in [0.3, 0.4) is 0 Å². The molecule has 136 valence electrons. The molecule has 3 nitrogen and oxygen atoms in total. The van der Waals surface area contributed by atoms with Gasteiger partial charge in [0.15, 0.2) is 0 Å². The molecule has 3 aromatic carbocycles. The number of carbonyl (C=O) groups is 1. The maximum atomic E-state index is 11.3. The Bertz CT molecular complexity index is 1010. The van der Waals surface area contributed by atoms with E-state index in [1.807, 2.05) is 18.2 Å². The zero-order valence-corrected chi connectivity index (χ0v) is 16.0. The number of carboxylic acid groups (broad SMARTS) is 1. The fourth-order valence-corrected chi connectivity index (χ4v) is 4.11. The Morgan fingerprint density at radius 3 is 2.44 bits per heavy atom. The quantitative estimate of drug-likeness (QED) is 0.593. The summed E-state index contributed by atoms with van der Waals surface area (Å²) in [6.45, 7) is 1.66. The summed E-state index contributed by atoms with van der Waals surface area (Å²) in [6.07, 6.45) is 0.985. The first-order valence-corrected chi connectivity index (χ1v) is 9.42. The molecule has 0 aromatic heterocycles. The fourth-order valence-electron chi connectivity index (χ4n) is 3.54. The third-order valence-electron chi connectivity index (χ3n) is 4.82. The molecule has 1 N–H and O–H groups in total. The summed E-state index contributed by atoms with van der Waals surface area (Å²) in [7, 11) is 0. The first-order valence-electron chi connectivity index (χ1n) is 8.66. The van der Waals surface area contributed by atoms with Crippen molar-refractivity contribution in [2.75, 3.05) is 11.4 Å². The van der Waals surface area contributed by atoms with Gasteiger partial charge in [-0.2, -0.15) is 0 Å². The highest BCUT2D eigenvalue weighted by molar-refractivity contribution is 6.34. The topological polar surface area (TPSA) is 40.5 Å². The molecular weight excluding hydrogens is 381 g/mol. The van der Waals surface area contributed by atoms with Crippen LogP contribution in [0.1, 0.15) is 21.5 Å². The van der Waals surface area contributed by atoms with E-state index in [1.165, 1.54) is 11.3 Å². The van der Waals surface area contributed by atoms with Gasteiger partial charge in [0.1, 0.15) is 0 Å². The SMILES string of the molecule is O=C(O)c1cccc(-c2ccc3c(c2)N(Cc2cc(Cl)cc(Cl)c2)CC3)c1. The molecule has 5 heteroatoms. The lowest BCUT2D eigenvalue weighted by Gasteiger charge is -2.20. The van der Waals surface area contributed by atoms with E-state index in [0.717, 1.165) is 36.2 Å². The summed E-state index contributed by atoms with van der Waals surface area (Å²) in [5.74, 6) is -0.919. The lowest BCUT2D eigenvalue weighted by atomic mass is 10.0.